The molecular weight excluding hydrogens is 350 g/mol. The van der Waals surface area contributed by atoms with E-state index in [1.54, 1.807) is 12.1 Å². The second-order valence-electron chi connectivity index (χ2n) is 6.58. The number of hydrogen-bond donors (Lipinski definition) is 1. The molecule has 0 spiro atoms. The van der Waals surface area contributed by atoms with Gasteiger partial charge in [-0.25, -0.2) is 0 Å². The predicted octanol–water partition coefficient (Wildman–Crippen LogP) is 4.50. The first-order chi connectivity index (χ1) is 12.4. The highest BCUT2D eigenvalue weighted by Crippen LogP contribution is 2.27. The van der Waals surface area contributed by atoms with Gasteiger partial charge < -0.3 is 10.1 Å². The van der Waals surface area contributed by atoms with E-state index < -0.39 is 11.9 Å². The summed E-state index contributed by atoms with van der Waals surface area (Å²) in [7, 11) is 0. The quantitative estimate of drug-likeness (QED) is 0.727. The SMILES string of the molecule is CC(C)[C@H](C(=O)OCC(=O)N[C@H](C)c1ccccc1)c1ccc(Cl)cc1. The van der Waals surface area contributed by atoms with Crippen molar-refractivity contribution in [3.8, 4) is 0 Å². The van der Waals surface area contributed by atoms with Crippen LogP contribution in [-0.4, -0.2) is 18.5 Å². The van der Waals surface area contributed by atoms with Crippen LogP contribution in [0.25, 0.3) is 0 Å². The largest absolute Gasteiger partial charge is 0.455 e. The van der Waals surface area contributed by atoms with Gasteiger partial charge in [0.25, 0.3) is 5.91 Å². The summed E-state index contributed by atoms with van der Waals surface area (Å²) in [5.41, 5.74) is 1.82. The molecule has 0 aliphatic heterocycles. The number of esters is 1. The van der Waals surface area contributed by atoms with Crippen molar-refractivity contribution in [3.05, 3.63) is 70.7 Å². The summed E-state index contributed by atoms with van der Waals surface area (Å²) >= 11 is 5.91. The Morgan fingerprint density at radius 1 is 0.962 bits per heavy atom. The summed E-state index contributed by atoms with van der Waals surface area (Å²) < 4.78 is 5.26. The average molecular weight is 374 g/mol. The van der Waals surface area contributed by atoms with Crippen molar-refractivity contribution in [1.82, 2.24) is 5.32 Å². The van der Waals surface area contributed by atoms with Crippen LogP contribution in [0.15, 0.2) is 54.6 Å². The van der Waals surface area contributed by atoms with Gasteiger partial charge in [0.15, 0.2) is 6.61 Å². The van der Waals surface area contributed by atoms with E-state index >= 15 is 0 Å². The summed E-state index contributed by atoms with van der Waals surface area (Å²) in [5, 5.41) is 3.44. The number of ether oxygens (including phenoxy) is 1. The molecule has 0 aliphatic carbocycles. The van der Waals surface area contributed by atoms with E-state index in [4.69, 9.17) is 16.3 Å². The third kappa shape index (κ3) is 5.60. The van der Waals surface area contributed by atoms with Crippen LogP contribution in [0.2, 0.25) is 5.02 Å². The van der Waals surface area contributed by atoms with Crippen molar-refractivity contribution in [3.63, 3.8) is 0 Å². The molecule has 5 heteroatoms. The van der Waals surface area contributed by atoms with Gasteiger partial charge in [-0.05, 0) is 36.1 Å². The normalized spacial score (nSPS) is 13.1. The van der Waals surface area contributed by atoms with Gasteiger partial charge in [0.05, 0.1) is 12.0 Å². The Labute approximate surface area is 159 Å². The fourth-order valence-electron chi connectivity index (χ4n) is 2.80. The summed E-state index contributed by atoms with van der Waals surface area (Å²) in [6.45, 7) is 5.47. The molecular formula is C21H24ClNO3. The summed E-state index contributed by atoms with van der Waals surface area (Å²) in [5.74, 6) is -1.14. The molecule has 1 amide bonds. The number of hydrogen-bond acceptors (Lipinski definition) is 3. The van der Waals surface area contributed by atoms with E-state index in [1.807, 2.05) is 63.2 Å². The maximum absolute atomic E-state index is 12.5. The minimum atomic E-state index is -0.438. The van der Waals surface area contributed by atoms with Gasteiger partial charge in [-0.3, -0.25) is 9.59 Å². The Morgan fingerprint density at radius 2 is 1.58 bits per heavy atom. The fourth-order valence-corrected chi connectivity index (χ4v) is 2.92. The standard InChI is InChI=1S/C21H24ClNO3/c1-14(2)20(17-9-11-18(22)12-10-17)21(25)26-13-19(24)23-15(3)16-7-5-4-6-8-16/h4-12,14-15,20H,13H2,1-3H3,(H,23,24)/t15-,20+/m1/s1. The van der Waals surface area contributed by atoms with Crippen LogP contribution in [-0.2, 0) is 14.3 Å². The third-order valence-corrected chi connectivity index (χ3v) is 4.42. The van der Waals surface area contributed by atoms with E-state index in [-0.39, 0.29) is 24.5 Å². The molecule has 0 saturated heterocycles. The van der Waals surface area contributed by atoms with Crippen molar-refractivity contribution in [2.45, 2.75) is 32.7 Å². The molecule has 0 fully saturated rings. The van der Waals surface area contributed by atoms with Gasteiger partial charge in [0, 0.05) is 5.02 Å². The van der Waals surface area contributed by atoms with E-state index in [0.29, 0.717) is 5.02 Å². The molecule has 0 saturated carbocycles. The Bertz CT molecular complexity index is 729. The minimum Gasteiger partial charge on any atom is -0.455 e. The number of halogens is 1. The van der Waals surface area contributed by atoms with Crippen molar-refractivity contribution in [2.75, 3.05) is 6.61 Å². The molecule has 4 nitrogen and oxygen atoms in total. The Kier molecular flexibility index (Phi) is 7.22. The van der Waals surface area contributed by atoms with Crippen LogP contribution in [0.1, 0.15) is 43.9 Å². The zero-order chi connectivity index (χ0) is 19.1. The summed E-state index contributed by atoms with van der Waals surface area (Å²) in [6, 6.07) is 16.6. The molecule has 0 aromatic heterocycles. The van der Waals surface area contributed by atoms with Crippen molar-refractivity contribution in [2.24, 2.45) is 5.92 Å². The topological polar surface area (TPSA) is 55.4 Å². The molecule has 2 rings (SSSR count). The Balaban J connectivity index is 1.93. The zero-order valence-electron chi connectivity index (χ0n) is 15.2. The van der Waals surface area contributed by atoms with Crippen LogP contribution in [0, 0.1) is 5.92 Å². The molecule has 0 aliphatic rings. The first-order valence-electron chi connectivity index (χ1n) is 8.65. The van der Waals surface area contributed by atoms with Crippen LogP contribution in [0.3, 0.4) is 0 Å². The van der Waals surface area contributed by atoms with Gasteiger partial charge in [-0.15, -0.1) is 0 Å². The Morgan fingerprint density at radius 3 is 2.15 bits per heavy atom. The van der Waals surface area contributed by atoms with Crippen LogP contribution in [0.4, 0.5) is 0 Å². The molecule has 1 N–H and O–H groups in total. The first kappa shape index (κ1) is 20.0. The molecule has 0 heterocycles. The van der Waals surface area contributed by atoms with Crippen LogP contribution in [0.5, 0.6) is 0 Å². The molecule has 26 heavy (non-hydrogen) atoms. The molecule has 138 valence electrons. The second kappa shape index (κ2) is 9.39. The number of nitrogens with one attached hydrogen (secondary N) is 1. The zero-order valence-corrected chi connectivity index (χ0v) is 16.0. The lowest BCUT2D eigenvalue weighted by atomic mass is 9.88. The van der Waals surface area contributed by atoms with Crippen molar-refractivity contribution >= 4 is 23.5 Å². The molecule has 0 unspecified atom stereocenters. The first-order valence-corrected chi connectivity index (χ1v) is 9.02. The highest BCUT2D eigenvalue weighted by atomic mass is 35.5. The Hall–Kier alpha value is -2.33. The predicted molar refractivity (Wildman–Crippen MR) is 103 cm³/mol. The van der Waals surface area contributed by atoms with E-state index in [9.17, 15) is 9.59 Å². The minimum absolute atomic E-state index is 0.0370. The molecule has 0 bridgehead atoms. The van der Waals surface area contributed by atoms with E-state index in [2.05, 4.69) is 5.32 Å². The maximum Gasteiger partial charge on any atom is 0.314 e. The highest BCUT2D eigenvalue weighted by Gasteiger charge is 2.26. The molecule has 2 aromatic carbocycles. The van der Waals surface area contributed by atoms with Gasteiger partial charge in [-0.2, -0.15) is 0 Å². The van der Waals surface area contributed by atoms with Crippen LogP contribution >= 0.6 is 11.6 Å². The lowest BCUT2D eigenvalue weighted by Crippen LogP contribution is -2.32. The van der Waals surface area contributed by atoms with Crippen molar-refractivity contribution in [1.29, 1.82) is 0 Å². The summed E-state index contributed by atoms with van der Waals surface area (Å²) in [4.78, 5) is 24.6. The second-order valence-corrected chi connectivity index (χ2v) is 7.02. The lowest BCUT2D eigenvalue weighted by Gasteiger charge is -2.20. The van der Waals surface area contributed by atoms with Gasteiger partial charge >= 0.3 is 5.97 Å². The summed E-state index contributed by atoms with van der Waals surface area (Å²) in [6.07, 6.45) is 0. The van der Waals surface area contributed by atoms with Crippen molar-refractivity contribution < 1.29 is 14.3 Å². The average Bonchev–Trinajstić information content (AvgIpc) is 2.62. The lowest BCUT2D eigenvalue weighted by molar-refractivity contribution is -0.151. The molecule has 2 aromatic rings. The maximum atomic E-state index is 12.5. The van der Waals surface area contributed by atoms with Gasteiger partial charge in [-0.1, -0.05) is 67.9 Å². The number of rotatable bonds is 7. The molecule has 0 radical (unpaired) electrons. The molecule has 2 atom stereocenters. The number of carbonyl (C=O) groups excluding carboxylic acids is 2. The van der Waals surface area contributed by atoms with E-state index in [1.165, 1.54) is 0 Å². The monoisotopic (exact) mass is 373 g/mol. The highest BCUT2D eigenvalue weighted by molar-refractivity contribution is 6.30. The number of carbonyl (C=O) groups is 2. The number of benzene rings is 2. The van der Waals surface area contributed by atoms with Crippen LogP contribution < -0.4 is 5.32 Å². The van der Waals surface area contributed by atoms with Gasteiger partial charge in [0.2, 0.25) is 0 Å². The van der Waals surface area contributed by atoms with Gasteiger partial charge in [0.1, 0.15) is 0 Å². The number of amides is 1. The fraction of sp³-hybridized carbons (Fsp3) is 0.333. The smallest absolute Gasteiger partial charge is 0.314 e. The third-order valence-electron chi connectivity index (χ3n) is 4.17. The van der Waals surface area contributed by atoms with E-state index in [0.717, 1.165) is 11.1 Å².